The highest BCUT2D eigenvalue weighted by molar-refractivity contribution is 5.67. The van der Waals surface area contributed by atoms with E-state index in [1.807, 2.05) is 6.07 Å². The Labute approximate surface area is 184 Å². The van der Waals surface area contributed by atoms with Crippen LogP contribution in [0.4, 0.5) is 0 Å². The quantitative estimate of drug-likeness (QED) is 0.638. The Hall–Kier alpha value is -2.82. The van der Waals surface area contributed by atoms with Gasteiger partial charge in [0.05, 0.1) is 14.2 Å². The van der Waals surface area contributed by atoms with Crippen LogP contribution in [0, 0.1) is 6.92 Å². The molecule has 1 unspecified atom stereocenters. The Morgan fingerprint density at radius 3 is 2.13 bits per heavy atom. The minimum atomic E-state index is 0.510. The summed E-state index contributed by atoms with van der Waals surface area (Å²) in [6.45, 7) is 5.21. The number of piperidine rings is 1. The van der Waals surface area contributed by atoms with Gasteiger partial charge in [-0.25, -0.2) is 0 Å². The molecule has 31 heavy (non-hydrogen) atoms. The minimum Gasteiger partial charge on any atom is -0.497 e. The van der Waals surface area contributed by atoms with E-state index in [-0.39, 0.29) is 0 Å². The van der Waals surface area contributed by atoms with E-state index in [0.29, 0.717) is 18.0 Å². The first kappa shape index (κ1) is 20.1. The molecule has 0 amide bonds. The lowest BCUT2D eigenvalue weighted by Gasteiger charge is -2.55. The Balaban J connectivity index is 1.26. The van der Waals surface area contributed by atoms with Gasteiger partial charge in [0.1, 0.15) is 11.5 Å². The molecule has 3 saturated heterocycles. The van der Waals surface area contributed by atoms with Crippen LogP contribution in [0.25, 0.3) is 11.1 Å². The van der Waals surface area contributed by atoms with Crippen molar-refractivity contribution in [3.8, 4) is 22.6 Å². The van der Waals surface area contributed by atoms with Crippen LogP contribution in [-0.4, -0.2) is 44.3 Å². The number of hydrogen-bond donors (Lipinski definition) is 1. The Bertz CT molecular complexity index is 1030. The molecule has 4 heteroatoms. The highest BCUT2D eigenvalue weighted by Crippen LogP contribution is 2.38. The molecule has 3 aliphatic rings. The summed E-state index contributed by atoms with van der Waals surface area (Å²) in [7, 11) is 3.40. The van der Waals surface area contributed by atoms with Crippen LogP contribution < -0.4 is 14.8 Å². The van der Waals surface area contributed by atoms with Crippen molar-refractivity contribution in [1.82, 2.24) is 10.2 Å². The maximum absolute atomic E-state index is 5.43. The zero-order valence-corrected chi connectivity index (χ0v) is 18.5. The molecule has 1 N–H and O–H groups in total. The third-order valence-electron chi connectivity index (χ3n) is 6.77. The normalized spacial score (nSPS) is 22.6. The van der Waals surface area contributed by atoms with Gasteiger partial charge in [-0.2, -0.15) is 0 Å². The molecule has 6 rings (SSSR count). The number of nitrogens with zero attached hydrogens (tertiary/aromatic N) is 1. The summed E-state index contributed by atoms with van der Waals surface area (Å²) in [5.74, 6) is 2.30. The molecule has 3 aromatic carbocycles. The predicted molar refractivity (Wildman–Crippen MR) is 125 cm³/mol. The Kier molecular flexibility index (Phi) is 5.43. The lowest BCUT2D eigenvalue weighted by molar-refractivity contribution is 0.0470. The largest absolute Gasteiger partial charge is 0.497 e. The van der Waals surface area contributed by atoms with E-state index < -0.39 is 0 Å². The van der Waals surface area contributed by atoms with E-state index in [0.717, 1.165) is 31.1 Å². The van der Waals surface area contributed by atoms with E-state index in [1.54, 1.807) is 14.2 Å². The van der Waals surface area contributed by atoms with Crippen molar-refractivity contribution in [1.29, 1.82) is 0 Å². The fourth-order valence-corrected chi connectivity index (χ4v) is 5.20. The summed E-state index contributed by atoms with van der Waals surface area (Å²) in [5.41, 5.74) is 6.63. The van der Waals surface area contributed by atoms with Crippen molar-refractivity contribution >= 4 is 0 Å². The number of rotatable bonds is 6. The average Bonchev–Trinajstić information content (AvgIpc) is 2.79. The zero-order valence-electron chi connectivity index (χ0n) is 18.5. The van der Waals surface area contributed by atoms with Gasteiger partial charge in [0, 0.05) is 43.7 Å². The second kappa shape index (κ2) is 8.37. The first-order chi connectivity index (χ1) is 15.1. The zero-order chi connectivity index (χ0) is 21.4. The number of benzene rings is 3. The molecule has 0 spiro atoms. The van der Waals surface area contributed by atoms with Gasteiger partial charge in [0.2, 0.25) is 0 Å². The lowest BCUT2D eigenvalue weighted by atomic mass is 9.74. The second-order valence-electron chi connectivity index (χ2n) is 8.76. The molecule has 3 atom stereocenters. The molecule has 0 aliphatic carbocycles. The van der Waals surface area contributed by atoms with Crippen molar-refractivity contribution < 1.29 is 9.47 Å². The summed E-state index contributed by atoms with van der Waals surface area (Å²) >= 11 is 0. The maximum Gasteiger partial charge on any atom is 0.122 e. The number of hydrogen-bond acceptors (Lipinski definition) is 4. The fraction of sp³-hybridized carbons (Fsp3) is 0.333. The fourth-order valence-electron chi connectivity index (χ4n) is 5.20. The number of nitrogens with one attached hydrogen (secondary N) is 1. The van der Waals surface area contributed by atoms with E-state index in [2.05, 4.69) is 77.8 Å². The van der Waals surface area contributed by atoms with E-state index >= 15 is 0 Å². The van der Waals surface area contributed by atoms with E-state index in [9.17, 15) is 0 Å². The third kappa shape index (κ3) is 3.93. The van der Waals surface area contributed by atoms with Gasteiger partial charge in [-0.1, -0.05) is 48.5 Å². The number of ether oxygens (including phenoxy) is 2. The first-order valence-corrected chi connectivity index (χ1v) is 11.0. The Morgan fingerprint density at radius 2 is 1.52 bits per heavy atom. The Morgan fingerprint density at radius 1 is 0.871 bits per heavy atom. The first-order valence-electron chi connectivity index (χ1n) is 11.0. The summed E-state index contributed by atoms with van der Waals surface area (Å²) in [5, 5.41) is 3.75. The average molecular weight is 415 g/mol. The van der Waals surface area contributed by atoms with E-state index in [4.69, 9.17) is 9.47 Å². The van der Waals surface area contributed by atoms with E-state index in [1.165, 1.54) is 27.8 Å². The highest BCUT2D eigenvalue weighted by Gasteiger charge is 2.46. The molecule has 160 valence electrons. The molecule has 4 nitrogen and oxygen atoms in total. The molecule has 3 fully saturated rings. The number of methoxy groups -OCH3 is 2. The number of aryl methyl sites for hydroxylation is 1. The van der Waals surface area contributed by atoms with Gasteiger partial charge in [0.15, 0.2) is 0 Å². The summed E-state index contributed by atoms with van der Waals surface area (Å²) < 4.78 is 10.9. The molecular formula is C27H30N2O2. The molecule has 0 radical (unpaired) electrons. The molecule has 3 aromatic rings. The van der Waals surface area contributed by atoms with Gasteiger partial charge in [0.25, 0.3) is 0 Å². The SMILES string of the molecule is COc1cc(CN2C[C@@H]3N[C@H](C2)C3c2ccc(-c3ccccc3C)cc2)cc(OC)c1. The van der Waals surface area contributed by atoms with Crippen LogP contribution in [0.2, 0.25) is 0 Å². The smallest absolute Gasteiger partial charge is 0.122 e. The van der Waals surface area contributed by atoms with Crippen LogP contribution in [0.1, 0.15) is 22.6 Å². The lowest BCUT2D eigenvalue weighted by Crippen LogP contribution is -2.71. The van der Waals surface area contributed by atoms with Crippen LogP contribution in [0.15, 0.2) is 66.7 Å². The summed E-state index contributed by atoms with van der Waals surface area (Å²) in [4.78, 5) is 2.54. The summed E-state index contributed by atoms with van der Waals surface area (Å²) in [6.07, 6.45) is 0. The van der Waals surface area contributed by atoms with Crippen LogP contribution in [0.5, 0.6) is 11.5 Å². The topological polar surface area (TPSA) is 33.7 Å². The van der Waals surface area contributed by atoms with Gasteiger partial charge in [-0.15, -0.1) is 0 Å². The standard InChI is InChI=1S/C27H30N2O2/c1-18-6-4-5-7-24(18)20-8-10-21(11-9-20)27-25-16-29(17-26(27)28-25)15-19-12-22(30-2)14-23(13-19)31-3/h4-14,25-28H,15-17H2,1-3H3/t25-,26+,27?. The van der Waals surface area contributed by atoms with Crippen molar-refractivity contribution in [3.05, 3.63) is 83.4 Å². The number of piperazine rings is 1. The van der Waals surface area contributed by atoms with Gasteiger partial charge >= 0.3 is 0 Å². The summed E-state index contributed by atoms with van der Waals surface area (Å²) in [6, 6.07) is 25.0. The van der Waals surface area contributed by atoms with Gasteiger partial charge in [-0.05, 0) is 46.9 Å². The van der Waals surface area contributed by atoms with Crippen LogP contribution in [0.3, 0.4) is 0 Å². The number of fused-ring (bicyclic) bond motifs is 2. The second-order valence-corrected chi connectivity index (χ2v) is 8.76. The minimum absolute atomic E-state index is 0.510. The van der Waals surface area contributed by atoms with Crippen molar-refractivity contribution in [2.24, 2.45) is 0 Å². The van der Waals surface area contributed by atoms with Gasteiger partial charge in [-0.3, -0.25) is 4.90 Å². The van der Waals surface area contributed by atoms with Crippen molar-refractivity contribution in [3.63, 3.8) is 0 Å². The van der Waals surface area contributed by atoms with Crippen LogP contribution >= 0.6 is 0 Å². The maximum atomic E-state index is 5.43. The molecular weight excluding hydrogens is 384 g/mol. The monoisotopic (exact) mass is 414 g/mol. The predicted octanol–water partition coefficient (Wildman–Crippen LogP) is 4.62. The molecule has 3 aliphatic heterocycles. The third-order valence-corrected chi connectivity index (χ3v) is 6.77. The van der Waals surface area contributed by atoms with Crippen molar-refractivity contribution in [2.45, 2.75) is 31.5 Å². The molecule has 3 heterocycles. The molecule has 0 aromatic heterocycles. The van der Waals surface area contributed by atoms with Crippen LogP contribution in [-0.2, 0) is 6.54 Å². The van der Waals surface area contributed by atoms with Crippen molar-refractivity contribution in [2.75, 3.05) is 27.3 Å². The molecule has 0 saturated carbocycles. The van der Waals surface area contributed by atoms with Gasteiger partial charge < -0.3 is 14.8 Å². The molecule has 2 bridgehead atoms. The highest BCUT2D eigenvalue weighted by atomic mass is 16.5.